The van der Waals surface area contributed by atoms with Crippen LogP contribution >= 0.6 is 11.6 Å². The smallest absolute Gasteiger partial charge is 0.308 e. The van der Waals surface area contributed by atoms with E-state index in [-0.39, 0.29) is 29.9 Å². The van der Waals surface area contributed by atoms with Crippen molar-refractivity contribution in [2.24, 2.45) is 0 Å². The Hall–Kier alpha value is -2.60. The molecule has 27 heavy (non-hydrogen) atoms. The lowest BCUT2D eigenvalue weighted by Crippen LogP contribution is -2.34. The minimum absolute atomic E-state index is 0.00869. The number of rotatable bonds is 8. The molecule has 144 valence electrons. The van der Waals surface area contributed by atoms with Crippen LogP contribution in [-0.2, 0) is 14.3 Å². The van der Waals surface area contributed by atoms with E-state index in [1.165, 1.54) is 12.1 Å². The van der Waals surface area contributed by atoms with Gasteiger partial charge >= 0.3 is 5.97 Å². The highest BCUT2D eigenvalue weighted by Gasteiger charge is 2.20. The summed E-state index contributed by atoms with van der Waals surface area (Å²) in [5.41, 5.74) is 0.770. The summed E-state index contributed by atoms with van der Waals surface area (Å²) in [6.45, 7) is 3.19. The number of carbonyl (C=O) groups is 2. The van der Waals surface area contributed by atoms with Gasteiger partial charge in [-0.3, -0.25) is 9.59 Å². The van der Waals surface area contributed by atoms with Crippen molar-refractivity contribution in [2.75, 3.05) is 6.61 Å². The predicted octanol–water partition coefficient (Wildman–Crippen LogP) is 4.06. The van der Waals surface area contributed by atoms with Crippen LogP contribution in [0.3, 0.4) is 0 Å². The average Bonchev–Trinajstić information content (AvgIpc) is 2.60. The van der Waals surface area contributed by atoms with Crippen LogP contribution < -0.4 is 10.1 Å². The zero-order chi connectivity index (χ0) is 19.8. The lowest BCUT2D eigenvalue weighted by Gasteiger charge is -2.19. The summed E-state index contributed by atoms with van der Waals surface area (Å²) in [6, 6.07) is 12.2. The minimum Gasteiger partial charge on any atom is -0.482 e. The van der Waals surface area contributed by atoms with Crippen LogP contribution in [0.4, 0.5) is 4.39 Å². The Kier molecular flexibility index (Phi) is 7.61. The normalized spacial score (nSPS) is 11.7. The molecule has 0 heterocycles. The van der Waals surface area contributed by atoms with Gasteiger partial charge in [0, 0.05) is 0 Å². The Balaban J connectivity index is 2.01. The summed E-state index contributed by atoms with van der Waals surface area (Å²) in [5, 5.41) is 2.83. The van der Waals surface area contributed by atoms with Gasteiger partial charge < -0.3 is 14.8 Å². The number of halogens is 2. The van der Waals surface area contributed by atoms with Gasteiger partial charge in [-0.2, -0.15) is 0 Å². The average molecular weight is 394 g/mol. The predicted molar refractivity (Wildman–Crippen MR) is 100 cm³/mol. The van der Waals surface area contributed by atoms with Crippen LogP contribution in [0.25, 0.3) is 0 Å². The molecular formula is C20H21ClFNO4. The molecule has 0 saturated carbocycles. The van der Waals surface area contributed by atoms with E-state index in [9.17, 15) is 14.0 Å². The number of amides is 1. The molecule has 0 spiro atoms. The van der Waals surface area contributed by atoms with Crippen molar-refractivity contribution in [3.63, 3.8) is 0 Å². The Morgan fingerprint density at radius 2 is 1.85 bits per heavy atom. The third-order valence-electron chi connectivity index (χ3n) is 3.53. The molecule has 0 fully saturated rings. The molecule has 0 aromatic heterocycles. The second kappa shape index (κ2) is 9.92. The molecule has 0 aliphatic carbocycles. The lowest BCUT2D eigenvalue weighted by atomic mass is 10.0. The molecule has 1 N–H and O–H groups in total. The quantitative estimate of drug-likeness (QED) is 0.687. The van der Waals surface area contributed by atoms with Gasteiger partial charge in [0.2, 0.25) is 0 Å². The van der Waals surface area contributed by atoms with E-state index >= 15 is 0 Å². The molecule has 1 atom stereocenters. The van der Waals surface area contributed by atoms with E-state index in [4.69, 9.17) is 21.1 Å². The third kappa shape index (κ3) is 6.90. The summed E-state index contributed by atoms with van der Waals surface area (Å²) >= 11 is 5.87. The number of esters is 1. The highest BCUT2D eigenvalue weighted by atomic mass is 35.5. The van der Waals surface area contributed by atoms with Crippen LogP contribution in [0.15, 0.2) is 48.5 Å². The fourth-order valence-corrected chi connectivity index (χ4v) is 2.61. The fourth-order valence-electron chi connectivity index (χ4n) is 2.39. The Morgan fingerprint density at radius 1 is 1.15 bits per heavy atom. The molecule has 0 aliphatic heterocycles. The first kappa shape index (κ1) is 20.7. The zero-order valence-electron chi connectivity index (χ0n) is 15.1. The molecule has 5 nitrogen and oxygen atoms in total. The van der Waals surface area contributed by atoms with Gasteiger partial charge in [-0.1, -0.05) is 41.9 Å². The van der Waals surface area contributed by atoms with Crippen LogP contribution in [0, 0.1) is 5.82 Å². The number of hydrogen-bond donors (Lipinski definition) is 1. The molecule has 7 heteroatoms. The van der Waals surface area contributed by atoms with Gasteiger partial charge in [0.15, 0.2) is 6.61 Å². The van der Waals surface area contributed by atoms with E-state index in [1.807, 2.05) is 30.3 Å². The van der Waals surface area contributed by atoms with Gasteiger partial charge in [0.1, 0.15) is 11.6 Å². The fraction of sp³-hybridized carbons (Fsp3) is 0.300. The topological polar surface area (TPSA) is 64.6 Å². The first-order valence-electron chi connectivity index (χ1n) is 8.46. The van der Waals surface area contributed by atoms with Crippen LogP contribution in [0.5, 0.6) is 5.75 Å². The number of nitrogens with one attached hydrogen (secondary N) is 1. The summed E-state index contributed by atoms with van der Waals surface area (Å²) in [7, 11) is 0. The maximum absolute atomic E-state index is 13.1. The van der Waals surface area contributed by atoms with Crippen molar-refractivity contribution in [3.05, 3.63) is 64.9 Å². The van der Waals surface area contributed by atoms with Crippen molar-refractivity contribution < 1.29 is 23.5 Å². The largest absolute Gasteiger partial charge is 0.482 e. The van der Waals surface area contributed by atoms with Gasteiger partial charge in [0.25, 0.3) is 5.91 Å². The van der Waals surface area contributed by atoms with Gasteiger partial charge in [-0.25, -0.2) is 4.39 Å². The van der Waals surface area contributed by atoms with E-state index in [0.29, 0.717) is 0 Å². The second-order valence-corrected chi connectivity index (χ2v) is 6.54. The number of carbonyl (C=O) groups excluding carboxylic acids is 2. The Labute approximate surface area is 162 Å². The monoisotopic (exact) mass is 393 g/mol. The molecule has 2 aromatic rings. The molecule has 1 unspecified atom stereocenters. The molecule has 0 radical (unpaired) electrons. The number of hydrogen-bond acceptors (Lipinski definition) is 4. The van der Waals surface area contributed by atoms with Crippen molar-refractivity contribution in [1.82, 2.24) is 5.32 Å². The molecule has 1 amide bonds. The highest BCUT2D eigenvalue weighted by molar-refractivity contribution is 6.32. The van der Waals surface area contributed by atoms with E-state index in [0.717, 1.165) is 11.6 Å². The van der Waals surface area contributed by atoms with Crippen molar-refractivity contribution >= 4 is 23.5 Å². The van der Waals surface area contributed by atoms with Gasteiger partial charge in [-0.15, -0.1) is 0 Å². The van der Waals surface area contributed by atoms with Crippen molar-refractivity contribution in [2.45, 2.75) is 32.4 Å². The minimum atomic E-state index is -0.558. The standard InChI is InChI=1S/C20H21ClFNO4/c1-13(2)27-20(25)11-17(14-6-4-3-5-7-14)23-19(24)12-26-18-9-8-15(22)10-16(18)21/h3-10,13,17H,11-12H2,1-2H3,(H,23,24). The van der Waals surface area contributed by atoms with Crippen molar-refractivity contribution in [1.29, 1.82) is 0 Å². The van der Waals surface area contributed by atoms with Crippen molar-refractivity contribution in [3.8, 4) is 5.75 Å². The van der Waals surface area contributed by atoms with E-state index in [1.54, 1.807) is 13.8 Å². The maximum atomic E-state index is 13.1. The summed E-state index contributed by atoms with van der Waals surface area (Å²) in [4.78, 5) is 24.3. The Bertz CT molecular complexity index is 783. The van der Waals surface area contributed by atoms with Gasteiger partial charge in [0.05, 0.1) is 23.6 Å². The van der Waals surface area contributed by atoms with E-state index in [2.05, 4.69) is 5.32 Å². The van der Waals surface area contributed by atoms with E-state index < -0.39 is 23.7 Å². The van der Waals surface area contributed by atoms with Crippen LogP contribution in [0.2, 0.25) is 5.02 Å². The van der Waals surface area contributed by atoms with Gasteiger partial charge in [-0.05, 0) is 37.6 Å². The number of benzene rings is 2. The molecule has 0 saturated heterocycles. The SMILES string of the molecule is CC(C)OC(=O)CC(NC(=O)COc1ccc(F)cc1Cl)c1ccccc1. The molecular weight excluding hydrogens is 373 g/mol. The third-order valence-corrected chi connectivity index (χ3v) is 3.82. The lowest BCUT2D eigenvalue weighted by molar-refractivity contribution is -0.148. The second-order valence-electron chi connectivity index (χ2n) is 6.14. The Morgan fingerprint density at radius 3 is 2.48 bits per heavy atom. The van der Waals surface area contributed by atoms with Crippen LogP contribution in [0.1, 0.15) is 31.9 Å². The molecule has 2 aromatic carbocycles. The highest BCUT2D eigenvalue weighted by Crippen LogP contribution is 2.25. The summed E-state index contributed by atoms with van der Waals surface area (Å²) < 4.78 is 23.6. The molecule has 0 bridgehead atoms. The first-order chi connectivity index (χ1) is 12.8. The first-order valence-corrected chi connectivity index (χ1v) is 8.84. The van der Waals surface area contributed by atoms with Crippen LogP contribution in [-0.4, -0.2) is 24.6 Å². The maximum Gasteiger partial charge on any atom is 0.308 e. The zero-order valence-corrected chi connectivity index (χ0v) is 15.8. The summed E-state index contributed by atoms with van der Waals surface area (Å²) in [6.07, 6.45) is -0.251. The molecule has 0 aliphatic rings. The summed E-state index contributed by atoms with van der Waals surface area (Å²) in [5.74, 6) is -1.16. The number of ether oxygens (including phenoxy) is 2. The molecule has 2 rings (SSSR count).